The van der Waals surface area contributed by atoms with Gasteiger partial charge in [-0.1, -0.05) is 23.5 Å². The maximum absolute atomic E-state index is 13.3. The molecule has 0 atom stereocenters. The molecule has 0 radical (unpaired) electrons. The molecule has 1 aliphatic rings. The number of carbonyl (C=O) groups is 1. The Bertz CT molecular complexity index is 1220. The molecule has 9 nitrogen and oxygen atoms in total. The summed E-state index contributed by atoms with van der Waals surface area (Å²) in [5.74, 6) is 4.69. The molecule has 0 saturated carbocycles. The van der Waals surface area contributed by atoms with Gasteiger partial charge in [-0.05, 0) is 43.9 Å². The van der Waals surface area contributed by atoms with E-state index in [1.807, 2.05) is 25.3 Å². The molecule has 0 spiro atoms. The topological polar surface area (TPSA) is 115 Å². The Kier molecular flexibility index (Phi) is 4.97. The molecule has 2 aromatic heterocycles. The van der Waals surface area contributed by atoms with Gasteiger partial charge < -0.3 is 4.90 Å². The molecule has 29 heavy (non-hydrogen) atoms. The predicted octanol–water partition coefficient (Wildman–Crippen LogP) is 0.816. The van der Waals surface area contributed by atoms with Crippen molar-refractivity contribution in [2.24, 2.45) is 5.84 Å². The maximum atomic E-state index is 13.3. The minimum absolute atomic E-state index is 0.219. The number of aromatic nitrogens is 3. The van der Waals surface area contributed by atoms with Gasteiger partial charge in [0.15, 0.2) is 10.8 Å². The molecule has 0 aliphatic carbocycles. The lowest BCUT2D eigenvalue weighted by Gasteiger charge is -2.13. The summed E-state index contributed by atoms with van der Waals surface area (Å²) in [6, 6.07) is 5.45. The van der Waals surface area contributed by atoms with Gasteiger partial charge in [-0.25, -0.2) is 20.2 Å². The molecule has 1 aromatic carbocycles. The van der Waals surface area contributed by atoms with Gasteiger partial charge in [0, 0.05) is 13.1 Å². The Morgan fingerprint density at radius 2 is 1.97 bits per heavy atom. The van der Waals surface area contributed by atoms with E-state index in [4.69, 9.17) is 5.84 Å². The smallest absolute Gasteiger partial charge is 0.337 e. The highest BCUT2D eigenvalue weighted by Crippen LogP contribution is 2.29. The summed E-state index contributed by atoms with van der Waals surface area (Å²) in [5.41, 5.74) is 3.51. The van der Waals surface area contributed by atoms with Crippen LogP contribution in [0.3, 0.4) is 0 Å². The molecule has 0 unspecified atom stereocenters. The van der Waals surface area contributed by atoms with E-state index in [0.29, 0.717) is 15.5 Å². The summed E-state index contributed by atoms with van der Waals surface area (Å²) in [7, 11) is 0. The van der Waals surface area contributed by atoms with Crippen LogP contribution in [0.5, 0.6) is 0 Å². The number of hydrazine groups is 1. The van der Waals surface area contributed by atoms with E-state index in [2.05, 4.69) is 9.88 Å². The van der Waals surface area contributed by atoms with E-state index in [1.54, 1.807) is 12.1 Å². The number of thiazole rings is 1. The number of benzene rings is 1. The minimum Gasteiger partial charge on any atom is -0.348 e. The van der Waals surface area contributed by atoms with Gasteiger partial charge in [-0.3, -0.25) is 19.6 Å². The van der Waals surface area contributed by atoms with Crippen LogP contribution in [0.25, 0.3) is 16.0 Å². The van der Waals surface area contributed by atoms with Crippen LogP contribution in [0, 0.1) is 13.8 Å². The van der Waals surface area contributed by atoms with Crippen molar-refractivity contribution < 1.29 is 4.79 Å². The number of nitrogens with two attached hydrogens (primary N) is 1. The van der Waals surface area contributed by atoms with Crippen LogP contribution in [0.15, 0.2) is 27.8 Å². The van der Waals surface area contributed by atoms with Crippen LogP contribution in [-0.2, 0) is 11.3 Å². The third-order valence-electron chi connectivity index (χ3n) is 5.33. The Morgan fingerprint density at radius 1 is 1.24 bits per heavy atom. The zero-order chi connectivity index (χ0) is 20.7. The molecule has 1 aliphatic heterocycles. The first-order valence-electron chi connectivity index (χ1n) is 9.39. The molecule has 3 heterocycles. The van der Waals surface area contributed by atoms with Crippen molar-refractivity contribution in [2.45, 2.75) is 33.2 Å². The Labute approximate surface area is 170 Å². The van der Waals surface area contributed by atoms with Gasteiger partial charge in [0.2, 0.25) is 0 Å². The number of nitrogens with one attached hydrogen (secondary N) is 1. The van der Waals surface area contributed by atoms with Crippen LogP contribution in [-0.4, -0.2) is 33.1 Å². The van der Waals surface area contributed by atoms with Crippen LogP contribution in [0.4, 0.5) is 5.13 Å². The fourth-order valence-corrected chi connectivity index (χ4v) is 4.64. The number of hydrogen-bond acceptors (Lipinski definition) is 7. The zero-order valence-electron chi connectivity index (χ0n) is 16.3. The molecule has 4 rings (SSSR count). The standard InChI is InChI=1S/C19H22N6O3S/c1-11-6-5-7-13(12(11)2)25-17(27)15-16(24(19(25)28)10-14(26)22-20)21-18(29-15)23-8-3-4-9-23/h5-7H,3-4,8-10,20H2,1-2H3,(H,22,26). The predicted molar refractivity (Wildman–Crippen MR) is 113 cm³/mol. The number of fused-ring (bicyclic) bond motifs is 1. The molecular weight excluding hydrogens is 392 g/mol. The van der Waals surface area contributed by atoms with Crippen LogP contribution >= 0.6 is 11.3 Å². The highest BCUT2D eigenvalue weighted by molar-refractivity contribution is 7.22. The number of anilines is 1. The van der Waals surface area contributed by atoms with E-state index < -0.39 is 17.2 Å². The van der Waals surface area contributed by atoms with Crippen LogP contribution in [0.2, 0.25) is 0 Å². The van der Waals surface area contributed by atoms with E-state index in [9.17, 15) is 14.4 Å². The SMILES string of the molecule is Cc1cccc(-n2c(=O)c3sc(N4CCCC4)nc3n(CC(=O)NN)c2=O)c1C. The number of aryl methyl sites for hydroxylation is 1. The summed E-state index contributed by atoms with van der Waals surface area (Å²) >= 11 is 1.26. The summed E-state index contributed by atoms with van der Waals surface area (Å²) in [4.78, 5) is 45.3. The van der Waals surface area contributed by atoms with E-state index >= 15 is 0 Å². The van der Waals surface area contributed by atoms with Gasteiger partial charge in [0.1, 0.15) is 11.2 Å². The fourth-order valence-electron chi connectivity index (χ4n) is 3.59. The molecule has 1 amide bonds. The molecule has 3 N–H and O–H groups in total. The molecule has 1 fully saturated rings. The minimum atomic E-state index is -0.613. The second-order valence-corrected chi connectivity index (χ2v) is 8.12. The van der Waals surface area contributed by atoms with Crippen molar-refractivity contribution in [3.8, 4) is 5.69 Å². The van der Waals surface area contributed by atoms with E-state index in [-0.39, 0.29) is 12.2 Å². The van der Waals surface area contributed by atoms with Crippen molar-refractivity contribution in [3.05, 3.63) is 50.2 Å². The summed E-state index contributed by atoms with van der Waals surface area (Å²) in [6.07, 6.45) is 2.12. The second-order valence-electron chi connectivity index (χ2n) is 7.14. The number of rotatable bonds is 4. The summed E-state index contributed by atoms with van der Waals surface area (Å²) in [6.45, 7) is 5.18. The average molecular weight is 414 g/mol. The van der Waals surface area contributed by atoms with Crippen LogP contribution < -0.4 is 27.4 Å². The van der Waals surface area contributed by atoms with Gasteiger partial charge in [-0.2, -0.15) is 0 Å². The highest BCUT2D eigenvalue weighted by Gasteiger charge is 2.24. The molecule has 0 bridgehead atoms. The van der Waals surface area contributed by atoms with Crippen molar-refractivity contribution in [1.29, 1.82) is 0 Å². The summed E-state index contributed by atoms with van der Waals surface area (Å²) in [5, 5.41) is 0.689. The van der Waals surface area contributed by atoms with Crippen molar-refractivity contribution in [1.82, 2.24) is 19.5 Å². The normalized spacial score (nSPS) is 14.0. The molecule has 3 aromatic rings. The third kappa shape index (κ3) is 3.23. The third-order valence-corrected chi connectivity index (χ3v) is 6.42. The monoisotopic (exact) mass is 414 g/mol. The maximum Gasteiger partial charge on any atom is 0.337 e. The van der Waals surface area contributed by atoms with E-state index in [0.717, 1.165) is 41.6 Å². The zero-order valence-corrected chi connectivity index (χ0v) is 17.1. The molecule has 1 saturated heterocycles. The van der Waals surface area contributed by atoms with Crippen molar-refractivity contribution >= 4 is 32.7 Å². The first-order chi connectivity index (χ1) is 13.9. The lowest BCUT2D eigenvalue weighted by atomic mass is 10.1. The molecular formula is C19H22N6O3S. The number of hydrogen-bond donors (Lipinski definition) is 2. The first-order valence-corrected chi connectivity index (χ1v) is 10.2. The largest absolute Gasteiger partial charge is 0.348 e. The Hall–Kier alpha value is -2.98. The number of amides is 1. The van der Waals surface area contributed by atoms with Gasteiger partial charge >= 0.3 is 5.69 Å². The Morgan fingerprint density at radius 3 is 2.66 bits per heavy atom. The first kappa shape index (κ1) is 19.3. The lowest BCUT2D eigenvalue weighted by Crippen LogP contribution is -2.43. The Balaban J connectivity index is 2.03. The molecule has 10 heteroatoms. The quantitative estimate of drug-likeness (QED) is 0.371. The number of nitrogens with zero attached hydrogens (tertiary/aromatic N) is 4. The van der Waals surface area contributed by atoms with Gasteiger partial charge in [-0.15, -0.1) is 0 Å². The second kappa shape index (κ2) is 7.45. The average Bonchev–Trinajstić information content (AvgIpc) is 3.38. The highest BCUT2D eigenvalue weighted by atomic mass is 32.1. The van der Waals surface area contributed by atoms with E-state index in [1.165, 1.54) is 15.9 Å². The fraction of sp³-hybridized carbons (Fsp3) is 0.368. The van der Waals surface area contributed by atoms with Crippen molar-refractivity contribution in [2.75, 3.05) is 18.0 Å². The summed E-state index contributed by atoms with van der Waals surface area (Å²) < 4.78 is 2.69. The van der Waals surface area contributed by atoms with Crippen molar-refractivity contribution in [3.63, 3.8) is 0 Å². The van der Waals surface area contributed by atoms with Gasteiger partial charge in [0.25, 0.3) is 11.5 Å². The number of carbonyl (C=O) groups excluding carboxylic acids is 1. The lowest BCUT2D eigenvalue weighted by molar-refractivity contribution is -0.121. The van der Waals surface area contributed by atoms with Crippen LogP contribution in [0.1, 0.15) is 24.0 Å². The molecule has 152 valence electrons. The van der Waals surface area contributed by atoms with Gasteiger partial charge in [0.05, 0.1) is 5.69 Å².